The van der Waals surface area contributed by atoms with Crippen LogP contribution in [-0.4, -0.2) is 85.3 Å². The van der Waals surface area contributed by atoms with E-state index in [9.17, 15) is 14.0 Å². The summed E-state index contributed by atoms with van der Waals surface area (Å²) in [5.74, 6) is -1.49. The van der Waals surface area contributed by atoms with Crippen molar-refractivity contribution in [2.75, 3.05) is 51.3 Å². The zero-order valence-electron chi connectivity index (χ0n) is 15.1. The summed E-state index contributed by atoms with van der Waals surface area (Å²) in [5, 5.41) is 8.90. The maximum atomic E-state index is 13.7. The first-order valence-corrected chi connectivity index (χ1v) is 9.25. The third kappa shape index (κ3) is 4.76. The number of rotatable bonds is 6. The van der Waals surface area contributed by atoms with Crippen LogP contribution in [-0.2, 0) is 14.3 Å². The number of carbonyl (C=O) groups excluding carboxylic acids is 1. The summed E-state index contributed by atoms with van der Waals surface area (Å²) in [6, 6.07) is 4.11. The number of hydrogen-bond acceptors (Lipinski definition) is 5. The Bertz CT molecular complexity index is 720. The maximum absolute atomic E-state index is 13.7. The molecule has 0 spiro atoms. The molecule has 2 saturated heterocycles. The minimum Gasteiger partial charge on any atom is -0.480 e. The van der Waals surface area contributed by atoms with Crippen LogP contribution in [0.15, 0.2) is 18.2 Å². The fourth-order valence-corrected chi connectivity index (χ4v) is 3.81. The standard InChI is InChI=1S/C18H23ClFN3O4/c1-21(11-17(24)25)9-13-10-22(6-7-27-13)16-4-5-23(18(16)26)12-2-3-14(19)15(20)8-12/h2-3,8,13,16H,4-7,9-11H2,1H3,(H,24,25). The average Bonchev–Trinajstić information content (AvgIpc) is 2.98. The third-order valence-electron chi connectivity index (χ3n) is 4.92. The Morgan fingerprint density at radius 2 is 2.22 bits per heavy atom. The molecule has 0 aliphatic carbocycles. The normalized spacial score (nSPS) is 24.0. The van der Waals surface area contributed by atoms with E-state index in [2.05, 4.69) is 4.90 Å². The summed E-state index contributed by atoms with van der Waals surface area (Å²) in [7, 11) is 1.73. The number of likely N-dealkylation sites (N-methyl/N-ethyl adjacent to an activating group) is 1. The lowest BCUT2D eigenvalue weighted by Crippen LogP contribution is -2.53. The Morgan fingerprint density at radius 3 is 2.93 bits per heavy atom. The minimum atomic E-state index is -0.887. The second kappa shape index (κ2) is 8.52. The van der Waals surface area contributed by atoms with Gasteiger partial charge >= 0.3 is 5.97 Å². The Labute approximate surface area is 162 Å². The predicted molar refractivity (Wildman–Crippen MR) is 98.6 cm³/mol. The van der Waals surface area contributed by atoms with Gasteiger partial charge in [-0.05, 0) is 31.7 Å². The molecule has 0 saturated carbocycles. The van der Waals surface area contributed by atoms with Gasteiger partial charge in [0, 0.05) is 31.9 Å². The first kappa shape index (κ1) is 20.0. The predicted octanol–water partition coefficient (Wildman–Crippen LogP) is 1.30. The Kier molecular flexibility index (Phi) is 6.31. The van der Waals surface area contributed by atoms with Gasteiger partial charge < -0.3 is 14.7 Å². The van der Waals surface area contributed by atoms with E-state index in [-0.39, 0.29) is 29.6 Å². The van der Waals surface area contributed by atoms with Crippen LogP contribution >= 0.6 is 11.6 Å². The van der Waals surface area contributed by atoms with E-state index >= 15 is 0 Å². The number of halogens is 2. The van der Waals surface area contributed by atoms with Crippen LogP contribution in [0.25, 0.3) is 0 Å². The van der Waals surface area contributed by atoms with E-state index in [0.717, 1.165) is 0 Å². The van der Waals surface area contributed by atoms with Crippen molar-refractivity contribution in [1.29, 1.82) is 0 Å². The number of benzene rings is 1. The van der Waals surface area contributed by atoms with E-state index in [0.29, 0.717) is 44.9 Å². The molecule has 1 aromatic rings. The SMILES string of the molecule is CN(CC(=O)O)CC1CN(C2CCN(c3ccc(Cl)c(F)c3)C2=O)CCO1. The highest BCUT2D eigenvalue weighted by Gasteiger charge is 2.39. The number of anilines is 1. The van der Waals surface area contributed by atoms with Gasteiger partial charge in [0.05, 0.1) is 30.3 Å². The van der Waals surface area contributed by atoms with Crippen LogP contribution < -0.4 is 4.90 Å². The van der Waals surface area contributed by atoms with Gasteiger partial charge in [-0.25, -0.2) is 4.39 Å². The highest BCUT2D eigenvalue weighted by atomic mass is 35.5. The number of carbonyl (C=O) groups is 2. The maximum Gasteiger partial charge on any atom is 0.317 e. The molecule has 0 aromatic heterocycles. The molecule has 2 heterocycles. The van der Waals surface area contributed by atoms with Crippen molar-refractivity contribution in [3.8, 4) is 0 Å². The van der Waals surface area contributed by atoms with Crippen LogP contribution in [0, 0.1) is 5.82 Å². The first-order chi connectivity index (χ1) is 12.8. The monoisotopic (exact) mass is 399 g/mol. The lowest BCUT2D eigenvalue weighted by atomic mass is 10.1. The van der Waals surface area contributed by atoms with Crippen molar-refractivity contribution < 1.29 is 23.8 Å². The van der Waals surface area contributed by atoms with Gasteiger partial charge in [0.1, 0.15) is 5.82 Å². The summed E-state index contributed by atoms with van der Waals surface area (Å²) in [4.78, 5) is 29.0. The molecule has 0 bridgehead atoms. The molecule has 7 nitrogen and oxygen atoms in total. The lowest BCUT2D eigenvalue weighted by Gasteiger charge is -2.37. The molecular weight excluding hydrogens is 377 g/mol. The first-order valence-electron chi connectivity index (χ1n) is 8.87. The number of carboxylic acid groups (broad SMARTS) is 1. The number of aliphatic carboxylic acids is 1. The summed E-state index contributed by atoms with van der Waals surface area (Å²) in [6.45, 7) is 2.63. The Morgan fingerprint density at radius 1 is 1.44 bits per heavy atom. The number of amides is 1. The molecule has 0 radical (unpaired) electrons. The van der Waals surface area contributed by atoms with Crippen molar-refractivity contribution in [2.24, 2.45) is 0 Å². The Balaban J connectivity index is 1.62. The van der Waals surface area contributed by atoms with E-state index in [1.54, 1.807) is 22.9 Å². The van der Waals surface area contributed by atoms with Crippen LogP contribution in [0.2, 0.25) is 5.02 Å². The van der Waals surface area contributed by atoms with Crippen molar-refractivity contribution in [1.82, 2.24) is 9.80 Å². The largest absolute Gasteiger partial charge is 0.480 e. The molecule has 148 valence electrons. The zero-order valence-corrected chi connectivity index (χ0v) is 15.9. The van der Waals surface area contributed by atoms with Gasteiger partial charge in [0.2, 0.25) is 5.91 Å². The summed E-state index contributed by atoms with van der Waals surface area (Å²) in [5.41, 5.74) is 0.510. The molecule has 3 rings (SSSR count). The van der Waals surface area contributed by atoms with Gasteiger partial charge in [-0.1, -0.05) is 11.6 Å². The highest BCUT2D eigenvalue weighted by molar-refractivity contribution is 6.30. The summed E-state index contributed by atoms with van der Waals surface area (Å²) < 4.78 is 19.5. The number of morpholine rings is 1. The van der Waals surface area contributed by atoms with Crippen LogP contribution in [0.1, 0.15) is 6.42 Å². The van der Waals surface area contributed by atoms with E-state index < -0.39 is 11.8 Å². The van der Waals surface area contributed by atoms with E-state index in [1.165, 1.54) is 12.1 Å². The topological polar surface area (TPSA) is 73.3 Å². The lowest BCUT2D eigenvalue weighted by molar-refractivity contribution is -0.138. The second-order valence-electron chi connectivity index (χ2n) is 6.97. The summed E-state index contributed by atoms with van der Waals surface area (Å²) in [6.07, 6.45) is 0.499. The smallest absolute Gasteiger partial charge is 0.317 e. The quantitative estimate of drug-likeness (QED) is 0.777. The fraction of sp³-hybridized carbons (Fsp3) is 0.556. The fourth-order valence-electron chi connectivity index (χ4n) is 3.69. The van der Waals surface area contributed by atoms with Crippen LogP contribution in [0.3, 0.4) is 0 Å². The molecule has 1 amide bonds. The molecule has 1 aromatic carbocycles. The van der Waals surface area contributed by atoms with Crippen molar-refractivity contribution >= 4 is 29.2 Å². The Hall–Kier alpha value is -1.74. The van der Waals surface area contributed by atoms with E-state index in [4.69, 9.17) is 21.4 Å². The molecule has 1 N–H and O–H groups in total. The van der Waals surface area contributed by atoms with Crippen LogP contribution in [0.4, 0.5) is 10.1 Å². The van der Waals surface area contributed by atoms with Gasteiger partial charge in [0.15, 0.2) is 0 Å². The number of nitrogens with zero attached hydrogens (tertiary/aromatic N) is 3. The number of hydrogen-bond donors (Lipinski definition) is 1. The van der Waals surface area contributed by atoms with E-state index in [1.807, 2.05) is 0 Å². The molecule has 2 unspecified atom stereocenters. The van der Waals surface area contributed by atoms with Crippen molar-refractivity contribution in [3.63, 3.8) is 0 Å². The number of carboxylic acids is 1. The molecule has 2 atom stereocenters. The molecule has 2 aliphatic rings. The van der Waals surface area contributed by atoms with Crippen molar-refractivity contribution in [3.05, 3.63) is 29.0 Å². The number of ether oxygens (including phenoxy) is 1. The minimum absolute atomic E-state index is 0.0310. The molecule has 2 aliphatic heterocycles. The molecule has 2 fully saturated rings. The third-order valence-corrected chi connectivity index (χ3v) is 5.23. The summed E-state index contributed by atoms with van der Waals surface area (Å²) >= 11 is 5.72. The highest BCUT2D eigenvalue weighted by Crippen LogP contribution is 2.28. The second-order valence-corrected chi connectivity index (χ2v) is 7.38. The van der Waals surface area contributed by atoms with Gasteiger partial charge in [0.25, 0.3) is 0 Å². The zero-order chi connectivity index (χ0) is 19.6. The van der Waals surface area contributed by atoms with Gasteiger partial charge in [-0.3, -0.25) is 19.4 Å². The molecule has 27 heavy (non-hydrogen) atoms. The van der Waals surface area contributed by atoms with Gasteiger partial charge in [-0.2, -0.15) is 0 Å². The molecular formula is C18H23ClFN3O4. The van der Waals surface area contributed by atoms with Crippen molar-refractivity contribution in [2.45, 2.75) is 18.6 Å². The van der Waals surface area contributed by atoms with Crippen LogP contribution in [0.5, 0.6) is 0 Å². The molecule has 9 heteroatoms. The average molecular weight is 400 g/mol. The van der Waals surface area contributed by atoms with Gasteiger partial charge in [-0.15, -0.1) is 0 Å².